The molecule has 0 amide bonds. The van der Waals surface area contributed by atoms with E-state index in [-0.39, 0.29) is 4.70 Å². The summed E-state index contributed by atoms with van der Waals surface area (Å²) in [6, 6.07) is 0. The molecule has 0 spiro atoms. The van der Waals surface area contributed by atoms with Crippen LogP contribution in [-0.2, 0) is 0 Å². The maximum absolute atomic E-state index is 8.19. The van der Waals surface area contributed by atoms with Crippen molar-refractivity contribution in [3.63, 3.8) is 0 Å². The molecule has 0 aromatic rings. The molecule has 0 saturated carbocycles. The van der Waals surface area contributed by atoms with E-state index in [1.54, 1.807) is 0 Å². The molecule has 0 aliphatic heterocycles. The highest BCUT2D eigenvalue weighted by atomic mass is 31.0. The molecule has 2 unspecified atom stereocenters. The standard InChI is InChI=1S/C3H9O3P.FH/c1-2(7)3(4,5)6;/h2,4-6H,7H2,1H3;1H. The van der Waals surface area contributed by atoms with Crippen molar-refractivity contribution in [1.29, 1.82) is 0 Å². The third kappa shape index (κ3) is 4.40. The highest BCUT2D eigenvalue weighted by Crippen LogP contribution is 2.09. The van der Waals surface area contributed by atoms with Gasteiger partial charge in [0.25, 0.3) is 5.97 Å². The van der Waals surface area contributed by atoms with Crippen molar-refractivity contribution in [3.05, 3.63) is 0 Å². The second-order valence-corrected chi connectivity index (χ2v) is 2.48. The number of rotatable bonds is 1. The van der Waals surface area contributed by atoms with E-state index in [4.69, 9.17) is 15.3 Å². The van der Waals surface area contributed by atoms with Crippen molar-refractivity contribution >= 4 is 9.24 Å². The van der Waals surface area contributed by atoms with Crippen molar-refractivity contribution in [1.82, 2.24) is 0 Å². The highest BCUT2D eigenvalue weighted by Gasteiger charge is 2.22. The lowest BCUT2D eigenvalue weighted by atomic mass is 10.4. The Bertz CT molecular complexity index is 60.0. The van der Waals surface area contributed by atoms with Crippen LogP contribution in [0.1, 0.15) is 6.92 Å². The molecule has 5 heteroatoms. The van der Waals surface area contributed by atoms with Crippen molar-refractivity contribution in [3.8, 4) is 0 Å². The second kappa shape index (κ2) is 3.30. The third-order valence-corrected chi connectivity index (χ3v) is 1.06. The van der Waals surface area contributed by atoms with Gasteiger partial charge in [0.15, 0.2) is 0 Å². The molecule has 0 aliphatic carbocycles. The first-order chi connectivity index (χ1) is 2.94. The summed E-state index contributed by atoms with van der Waals surface area (Å²) in [5.41, 5.74) is -0.618. The first kappa shape index (κ1) is 11.1. The van der Waals surface area contributed by atoms with Crippen LogP contribution >= 0.6 is 9.24 Å². The van der Waals surface area contributed by atoms with Gasteiger partial charge in [-0.1, -0.05) is 6.92 Å². The lowest BCUT2D eigenvalue weighted by Crippen LogP contribution is -2.35. The predicted molar refractivity (Wildman–Crippen MR) is 31.1 cm³/mol. The summed E-state index contributed by atoms with van der Waals surface area (Å²) < 4.78 is 0. The lowest BCUT2D eigenvalue weighted by molar-refractivity contribution is -0.308. The molecule has 52 valence electrons. The Morgan fingerprint density at radius 2 is 1.50 bits per heavy atom. The average molecular weight is 144 g/mol. The van der Waals surface area contributed by atoms with Gasteiger partial charge in [0.2, 0.25) is 0 Å². The fraction of sp³-hybridized carbons (Fsp3) is 1.00. The minimum absolute atomic E-state index is 0. The van der Waals surface area contributed by atoms with E-state index in [1.165, 1.54) is 6.92 Å². The van der Waals surface area contributed by atoms with Gasteiger partial charge in [-0.05, 0) is 0 Å². The van der Waals surface area contributed by atoms with Crippen LogP contribution in [0.15, 0.2) is 0 Å². The number of hydrogen-bond acceptors (Lipinski definition) is 3. The Morgan fingerprint density at radius 3 is 1.50 bits per heavy atom. The fourth-order valence-corrected chi connectivity index (χ4v) is 0. The van der Waals surface area contributed by atoms with Crippen molar-refractivity contribution in [2.75, 3.05) is 0 Å². The first-order valence-electron chi connectivity index (χ1n) is 1.87. The molecule has 2 atom stereocenters. The monoisotopic (exact) mass is 144 g/mol. The molecule has 0 bridgehead atoms. The molecule has 0 aromatic carbocycles. The summed E-state index contributed by atoms with van der Waals surface area (Å²) in [4.78, 5) is 0. The smallest absolute Gasteiger partial charge is 0.281 e. The molecule has 0 radical (unpaired) electrons. The first-order valence-corrected chi connectivity index (χ1v) is 2.54. The van der Waals surface area contributed by atoms with E-state index in [1.807, 2.05) is 0 Å². The van der Waals surface area contributed by atoms with Crippen LogP contribution < -0.4 is 0 Å². The fourth-order valence-electron chi connectivity index (χ4n) is 0. The summed E-state index contributed by atoms with van der Waals surface area (Å²) in [5.74, 6) is -2.54. The largest absolute Gasteiger partial charge is 0.343 e. The molecule has 0 saturated heterocycles. The van der Waals surface area contributed by atoms with E-state index >= 15 is 0 Å². The zero-order valence-electron chi connectivity index (χ0n) is 4.40. The summed E-state index contributed by atoms with van der Waals surface area (Å²) in [5, 5.41) is 24.6. The molecule has 3 N–H and O–H groups in total. The van der Waals surface area contributed by atoms with E-state index < -0.39 is 11.6 Å². The zero-order valence-corrected chi connectivity index (χ0v) is 5.56. The van der Waals surface area contributed by atoms with Gasteiger partial charge in [-0.3, -0.25) is 4.70 Å². The van der Waals surface area contributed by atoms with Gasteiger partial charge in [-0.2, -0.15) is 0 Å². The summed E-state index contributed by atoms with van der Waals surface area (Å²) in [6.07, 6.45) is 0. The minimum Gasteiger partial charge on any atom is -0.343 e. The van der Waals surface area contributed by atoms with E-state index in [0.717, 1.165) is 0 Å². The van der Waals surface area contributed by atoms with E-state index in [2.05, 4.69) is 9.24 Å². The van der Waals surface area contributed by atoms with Crippen LogP contribution in [0.25, 0.3) is 0 Å². The maximum atomic E-state index is 8.19. The Kier molecular flexibility index (Phi) is 4.58. The van der Waals surface area contributed by atoms with Gasteiger partial charge >= 0.3 is 0 Å². The molecule has 0 aromatic heterocycles. The molecular weight excluding hydrogens is 134 g/mol. The average Bonchev–Trinajstić information content (AvgIpc) is 1.31. The normalized spacial score (nSPS) is 14.6. The third-order valence-electron chi connectivity index (χ3n) is 0.611. The van der Waals surface area contributed by atoms with E-state index in [9.17, 15) is 0 Å². The summed E-state index contributed by atoms with van der Waals surface area (Å²) >= 11 is 0. The Morgan fingerprint density at radius 1 is 1.38 bits per heavy atom. The van der Waals surface area contributed by atoms with Gasteiger partial charge in [0.1, 0.15) is 0 Å². The highest BCUT2D eigenvalue weighted by molar-refractivity contribution is 7.17. The minimum atomic E-state index is -2.54. The SMILES string of the molecule is CC(P)C(O)(O)O.F. The molecule has 0 fully saturated rings. The molecular formula is C3H10FO3P. The van der Waals surface area contributed by atoms with Crippen LogP contribution in [0.4, 0.5) is 4.70 Å². The topological polar surface area (TPSA) is 60.7 Å². The molecule has 8 heavy (non-hydrogen) atoms. The molecule has 0 rings (SSSR count). The molecule has 0 heterocycles. The number of aliphatic hydroxyl groups is 3. The van der Waals surface area contributed by atoms with Crippen molar-refractivity contribution in [2.24, 2.45) is 0 Å². The second-order valence-electron chi connectivity index (χ2n) is 1.48. The van der Waals surface area contributed by atoms with Crippen LogP contribution in [0.3, 0.4) is 0 Å². The Labute approximate surface area is 48.9 Å². The Balaban J connectivity index is 0. The van der Waals surface area contributed by atoms with Crippen LogP contribution in [-0.4, -0.2) is 27.0 Å². The number of hydrogen-bond donors (Lipinski definition) is 3. The van der Waals surface area contributed by atoms with Crippen LogP contribution in [0.2, 0.25) is 0 Å². The quantitative estimate of drug-likeness (QED) is 0.328. The van der Waals surface area contributed by atoms with Gasteiger partial charge in [0, 0.05) is 0 Å². The summed E-state index contributed by atoms with van der Waals surface area (Å²) in [6.45, 7) is 1.46. The van der Waals surface area contributed by atoms with Crippen molar-refractivity contribution < 1.29 is 20.0 Å². The van der Waals surface area contributed by atoms with Gasteiger partial charge in [0.05, 0.1) is 5.66 Å². The lowest BCUT2D eigenvalue weighted by Gasteiger charge is -2.16. The number of halogens is 1. The zero-order chi connectivity index (χ0) is 6.08. The van der Waals surface area contributed by atoms with Gasteiger partial charge in [-0.25, -0.2) is 0 Å². The predicted octanol–water partition coefficient (Wildman–Crippen LogP) is -0.967. The van der Waals surface area contributed by atoms with Gasteiger partial charge in [-0.15, -0.1) is 9.24 Å². The van der Waals surface area contributed by atoms with Gasteiger partial charge < -0.3 is 15.3 Å². The Hall–Kier alpha value is 0.240. The van der Waals surface area contributed by atoms with Crippen LogP contribution in [0, 0.1) is 0 Å². The molecule has 3 nitrogen and oxygen atoms in total. The van der Waals surface area contributed by atoms with Crippen molar-refractivity contribution in [2.45, 2.75) is 18.6 Å². The van der Waals surface area contributed by atoms with Crippen LogP contribution in [0.5, 0.6) is 0 Å². The van der Waals surface area contributed by atoms with E-state index in [0.29, 0.717) is 0 Å². The molecule has 0 aliphatic rings. The maximum Gasteiger partial charge on any atom is 0.281 e. The summed E-state index contributed by atoms with van der Waals surface area (Å²) in [7, 11) is 2.05.